The number of amides is 2. The van der Waals surface area contributed by atoms with Gasteiger partial charge in [0.2, 0.25) is 21.8 Å². The van der Waals surface area contributed by atoms with E-state index in [0.717, 1.165) is 27.3 Å². The maximum atomic E-state index is 13.5. The number of aryl methyl sites for hydroxylation is 2. The van der Waals surface area contributed by atoms with Gasteiger partial charge in [-0.15, -0.1) is 0 Å². The fraction of sp³-hybridized carbons (Fsp3) is 0.417. The van der Waals surface area contributed by atoms with E-state index < -0.39 is 28.5 Å². The summed E-state index contributed by atoms with van der Waals surface area (Å²) in [6.45, 7) is 8.67. The van der Waals surface area contributed by atoms with Crippen molar-refractivity contribution >= 4 is 39.1 Å². The molecule has 0 bridgehead atoms. The molecule has 1 N–H and O–H groups in total. The number of nitrogens with one attached hydrogen (secondary N) is 1. The molecule has 7 nitrogen and oxygen atoms in total. The molecule has 9 heteroatoms. The van der Waals surface area contributed by atoms with Gasteiger partial charge in [0.05, 0.1) is 11.9 Å². The second-order valence-electron chi connectivity index (χ2n) is 8.55. The van der Waals surface area contributed by atoms with Crippen molar-refractivity contribution in [3.8, 4) is 0 Å². The summed E-state index contributed by atoms with van der Waals surface area (Å²) in [5.74, 6) is -0.798. The second kappa shape index (κ2) is 11.0. The summed E-state index contributed by atoms with van der Waals surface area (Å²) < 4.78 is 26.4. The molecule has 0 aliphatic heterocycles. The molecule has 0 aliphatic carbocycles. The van der Waals surface area contributed by atoms with E-state index in [1.165, 1.54) is 4.90 Å². The van der Waals surface area contributed by atoms with E-state index in [-0.39, 0.29) is 18.5 Å². The molecule has 2 amide bonds. The highest BCUT2D eigenvalue weighted by atomic mass is 35.5. The minimum absolute atomic E-state index is 0.102. The van der Waals surface area contributed by atoms with Crippen LogP contribution in [0.5, 0.6) is 0 Å². The number of carbonyl (C=O) groups excluding carboxylic acids is 2. The Labute approximate surface area is 201 Å². The Balaban J connectivity index is 2.42. The monoisotopic (exact) mass is 493 g/mol. The minimum Gasteiger partial charge on any atom is -0.352 e. The quantitative estimate of drug-likeness (QED) is 0.577. The van der Waals surface area contributed by atoms with Crippen LogP contribution in [0.15, 0.2) is 42.5 Å². The van der Waals surface area contributed by atoms with Gasteiger partial charge in [-0.05, 0) is 69.5 Å². The third-order valence-electron chi connectivity index (χ3n) is 5.18. The molecular formula is C24H32ClN3O4S. The lowest BCUT2D eigenvalue weighted by Crippen LogP contribution is -2.52. The maximum absolute atomic E-state index is 13.5. The number of carbonyl (C=O) groups is 2. The van der Waals surface area contributed by atoms with Gasteiger partial charge in [0.1, 0.15) is 12.6 Å². The molecule has 0 heterocycles. The van der Waals surface area contributed by atoms with Crippen LogP contribution in [0.1, 0.15) is 37.5 Å². The van der Waals surface area contributed by atoms with Crippen molar-refractivity contribution < 1.29 is 18.0 Å². The summed E-state index contributed by atoms with van der Waals surface area (Å²) in [6.07, 6.45) is 1.07. The average molecular weight is 494 g/mol. The third kappa shape index (κ3) is 7.47. The Morgan fingerprint density at radius 1 is 1.03 bits per heavy atom. The Kier molecular flexibility index (Phi) is 8.91. The summed E-state index contributed by atoms with van der Waals surface area (Å²) in [5, 5.41) is 3.37. The van der Waals surface area contributed by atoms with E-state index in [4.69, 9.17) is 11.6 Å². The summed E-state index contributed by atoms with van der Waals surface area (Å²) in [6, 6.07) is 11.5. The smallest absolute Gasteiger partial charge is 0.244 e. The molecule has 0 radical (unpaired) electrons. The van der Waals surface area contributed by atoms with Gasteiger partial charge in [-0.2, -0.15) is 0 Å². The Hall–Kier alpha value is -2.58. The SMILES string of the molecule is Cc1ccc(C)c(N(CC(=O)N(Cc2ccc(Cl)cc2)[C@@H](C)C(=O)NC(C)C)S(C)(=O)=O)c1. The minimum atomic E-state index is -3.76. The van der Waals surface area contributed by atoms with Crippen LogP contribution in [0.25, 0.3) is 0 Å². The lowest BCUT2D eigenvalue weighted by Gasteiger charge is -2.32. The predicted molar refractivity (Wildman–Crippen MR) is 133 cm³/mol. The van der Waals surface area contributed by atoms with Gasteiger partial charge in [-0.25, -0.2) is 8.42 Å². The maximum Gasteiger partial charge on any atom is 0.244 e. The Bertz CT molecular complexity index is 1100. The van der Waals surface area contributed by atoms with Crippen molar-refractivity contribution in [1.82, 2.24) is 10.2 Å². The van der Waals surface area contributed by atoms with Gasteiger partial charge >= 0.3 is 0 Å². The molecule has 33 heavy (non-hydrogen) atoms. The van der Waals surface area contributed by atoms with Gasteiger partial charge < -0.3 is 10.2 Å². The van der Waals surface area contributed by atoms with Crippen LogP contribution in [-0.2, 0) is 26.2 Å². The van der Waals surface area contributed by atoms with E-state index in [2.05, 4.69) is 5.32 Å². The summed E-state index contributed by atoms with van der Waals surface area (Å²) >= 11 is 5.98. The number of rotatable bonds is 9. The van der Waals surface area contributed by atoms with E-state index in [9.17, 15) is 18.0 Å². The first-order valence-electron chi connectivity index (χ1n) is 10.7. The first-order valence-corrected chi connectivity index (χ1v) is 12.9. The van der Waals surface area contributed by atoms with Crippen LogP contribution < -0.4 is 9.62 Å². The largest absolute Gasteiger partial charge is 0.352 e. The van der Waals surface area contributed by atoms with Crippen LogP contribution in [0.3, 0.4) is 0 Å². The normalized spacial score (nSPS) is 12.4. The third-order valence-corrected chi connectivity index (χ3v) is 6.56. The number of nitrogens with zero attached hydrogens (tertiary/aromatic N) is 2. The molecule has 0 saturated carbocycles. The highest BCUT2D eigenvalue weighted by Gasteiger charge is 2.30. The van der Waals surface area contributed by atoms with E-state index in [1.54, 1.807) is 44.2 Å². The van der Waals surface area contributed by atoms with E-state index in [0.29, 0.717) is 10.7 Å². The number of benzene rings is 2. The van der Waals surface area contributed by atoms with Gasteiger partial charge in [-0.1, -0.05) is 35.9 Å². The van der Waals surface area contributed by atoms with Crippen molar-refractivity contribution in [2.24, 2.45) is 0 Å². The molecule has 180 valence electrons. The van der Waals surface area contributed by atoms with Crippen molar-refractivity contribution in [3.05, 3.63) is 64.2 Å². The van der Waals surface area contributed by atoms with Gasteiger partial charge in [0.15, 0.2) is 0 Å². The van der Waals surface area contributed by atoms with Crippen molar-refractivity contribution in [1.29, 1.82) is 0 Å². The Morgan fingerprint density at radius 2 is 1.64 bits per heavy atom. The fourth-order valence-corrected chi connectivity index (χ4v) is 4.38. The molecule has 0 spiro atoms. The van der Waals surface area contributed by atoms with E-state index in [1.807, 2.05) is 32.9 Å². The lowest BCUT2D eigenvalue weighted by molar-refractivity contribution is -0.139. The van der Waals surface area contributed by atoms with Crippen molar-refractivity contribution in [2.75, 3.05) is 17.1 Å². The number of hydrogen-bond donors (Lipinski definition) is 1. The predicted octanol–water partition coefficient (Wildman–Crippen LogP) is 3.66. The fourth-order valence-electron chi connectivity index (χ4n) is 3.36. The van der Waals surface area contributed by atoms with Crippen molar-refractivity contribution in [3.63, 3.8) is 0 Å². The first-order chi connectivity index (χ1) is 15.3. The zero-order valence-corrected chi connectivity index (χ0v) is 21.5. The summed E-state index contributed by atoms with van der Waals surface area (Å²) in [4.78, 5) is 27.6. The number of sulfonamides is 1. The number of halogens is 1. The average Bonchev–Trinajstić information content (AvgIpc) is 2.71. The van der Waals surface area contributed by atoms with Gasteiger partial charge in [0, 0.05) is 17.6 Å². The standard InChI is InChI=1S/C24H32ClN3O4S/c1-16(2)26-24(30)19(5)27(14-20-9-11-21(25)12-10-20)23(29)15-28(33(6,31)32)22-13-17(3)7-8-18(22)4/h7-13,16,19H,14-15H2,1-6H3,(H,26,30)/t19-/m0/s1. The van der Waals surface area contributed by atoms with Gasteiger partial charge in [0.25, 0.3) is 0 Å². The summed E-state index contributed by atoms with van der Waals surface area (Å²) in [5.41, 5.74) is 2.82. The zero-order chi connectivity index (χ0) is 24.9. The van der Waals surface area contributed by atoms with Crippen LogP contribution in [0, 0.1) is 13.8 Å². The molecule has 0 saturated heterocycles. The Morgan fingerprint density at radius 3 is 2.18 bits per heavy atom. The van der Waals surface area contributed by atoms with Gasteiger partial charge in [-0.3, -0.25) is 13.9 Å². The molecule has 2 rings (SSSR count). The first kappa shape index (κ1) is 26.7. The van der Waals surface area contributed by atoms with Crippen LogP contribution in [0.4, 0.5) is 5.69 Å². The molecule has 0 unspecified atom stereocenters. The van der Waals surface area contributed by atoms with E-state index >= 15 is 0 Å². The molecule has 1 atom stereocenters. The van der Waals surface area contributed by atoms with Crippen LogP contribution >= 0.6 is 11.6 Å². The molecular weight excluding hydrogens is 462 g/mol. The number of anilines is 1. The molecule has 0 aromatic heterocycles. The highest BCUT2D eigenvalue weighted by Crippen LogP contribution is 2.24. The second-order valence-corrected chi connectivity index (χ2v) is 10.9. The zero-order valence-electron chi connectivity index (χ0n) is 19.9. The highest BCUT2D eigenvalue weighted by molar-refractivity contribution is 7.92. The summed E-state index contributed by atoms with van der Waals surface area (Å²) in [7, 11) is -3.76. The van der Waals surface area contributed by atoms with Crippen molar-refractivity contribution in [2.45, 2.75) is 53.2 Å². The van der Waals surface area contributed by atoms with Crippen LogP contribution in [-0.4, -0.2) is 50.0 Å². The molecule has 2 aromatic rings. The molecule has 0 fully saturated rings. The molecule has 2 aromatic carbocycles. The number of hydrogen-bond acceptors (Lipinski definition) is 4. The van der Waals surface area contributed by atoms with Crippen LogP contribution in [0.2, 0.25) is 5.02 Å². The topological polar surface area (TPSA) is 86.8 Å². The molecule has 0 aliphatic rings. The lowest BCUT2D eigenvalue weighted by atomic mass is 10.1.